The highest BCUT2D eigenvalue weighted by Gasteiger charge is 2.25. The number of carbonyl (C=O) groups is 1. The van der Waals surface area contributed by atoms with E-state index in [1.165, 1.54) is 12.1 Å². The van der Waals surface area contributed by atoms with Crippen LogP contribution in [0.25, 0.3) is 0 Å². The lowest BCUT2D eigenvalue weighted by Crippen LogP contribution is -2.46. The Kier molecular flexibility index (Phi) is 4.74. The van der Waals surface area contributed by atoms with E-state index in [4.69, 9.17) is 5.73 Å². The second-order valence-corrected chi connectivity index (χ2v) is 4.97. The normalized spacial score (nSPS) is 22.8. The lowest BCUT2D eigenvalue weighted by Gasteiger charge is -2.31. The molecule has 1 aromatic rings. The van der Waals surface area contributed by atoms with Gasteiger partial charge >= 0.3 is 6.03 Å². The van der Waals surface area contributed by atoms with Gasteiger partial charge in [0.1, 0.15) is 5.82 Å². The van der Waals surface area contributed by atoms with Crippen molar-refractivity contribution >= 4 is 11.7 Å². The fraction of sp³-hybridized carbons (Fsp3) is 0.500. The molecule has 1 aromatic carbocycles. The maximum Gasteiger partial charge on any atom is 0.319 e. The predicted molar refractivity (Wildman–Crippen MR) is 73.4 cm³/mol. The monoisotopic (exact) mass is 265 g/mol. The number of anilines is 1. The van der Waals surface area contributed by atoms with Gasteiger partial charge < -0.3 is 16.4 Å². The summed E-state index contributed by atoms with van der Waals surface area (Å²) in [5, 5.41) is 5.44. The third-order valence-electron chi connectivity index (χ3n) is 3.65. The molecule has 0 aromatic heterocycles. The van der Waals surface area contributed by atoms with E-state index in [9.17, 15) is 9.18 Å². The van der Waals surface area contributed by atoms with Crippen molar-refractivity contribution in [1.82, 2.24) is 5.32 Å². The van der Waals surface area contributed by atoms with Gasteiger partial charge in [-0.3, -0.25) is 0 Å². The van der Waals surface area contributed by atoms with Crippen LogP contribution in [0, 0.1) is 11.7 Å². The minimum atomic E-state index is -0.434. The van der Waals surface area contributed by atoms with Crippen LogP contribution in [0.15, 0.2) is 24.3 Å². The molecule has 0 radical (unpaired) electrons. The first-order chi connectivity index (χ1) is 9.20. The Bertz CT molecular complexity index is 438. The quantitative estimate of drug-likeness (QED) is 0.786. The van der Waals surface area contributed by atoms with E-state index in [0.29, 0.717) is 12.5 Å². The zero-order valence-electron chi connectivity index (χ0n) is 10.9. The Morgan fingerprint density at radius 1 is 1.32 bits per heavy atom. The summed E-state index contributed by atoms with van der Waals surface area (Å²) in [7, 11) is 0. The van der Waals surface area contributed by atoms with Crippen LogP contribution in [-0.2, 0) is 0 Å². The van der Waals surface area contributed by atoms with Crippen molar-refractivity contribution in [2.24, 2.45) is 11.7 Å². The van der Waals surface area contributed by atoms with Gasteiger partial charge in [-0.2, -0.15) is 0 Å². The standard InChI is InChI=1S/C14H20FN3O/c15-11-6-2-4-8-13(11)18-14(19)17-12-7-3-1-5-10(12)9-16/h2,4,6,8,10,12H,1,3,5,7,9,16H2,(H2,17,18,19). The molecule has 1 fully saturated rings. The summed E-state index contributed by atoms with van der Waals surface area (Å²) < 4.78 is 13.4. The Labute approximate surface area is 112 Å². The SMILES string of the molecule is NCC1CCCCC1NC(=O)Nc1ccccc1F. The molecule has 0 spiro atoms. The average Bonchev–Trinajstić information content (AvgIpc) is 2.42. The predicted octanol–water partition coefficient (Wildman–Crippen LogP) is 2.46. The van der Waals surface area contributed by atoms with E-state index in [2.05, 4.69) is 10.6 Å². The molecule has 1 saturated carbocycles. The molecule has 19 heavy (non-hydrogen) atoms. The highest BCUT2D eigenvalue weighted by molar-refractivity contribution is 5.89. The molecular formula is C14H20FN3O. The van der Waals surface area contributed by atoms with Crippen LogP contribution in [0.3, 0.4) is 0 Å². The molecule has 2 atom stereocenters. The number of carbonyl (C=O) groups excluding carboxylic acids is 1. The van der Waals surface area contributed by atoms with Crippen LogP contribution >= 0.6 is 0 Å². The largest absolute Gasteiger partial charge is 0.335 e. The molecule has 2 unspecified atom stereocenters. The van der Waals surface area contributed by atoms with Crippen LogP contribution in [0.4, 0.5) is 14.9 Å². The minimum absolute atomic E-state index is 0.0884. The highest BCUT2D eigenvalue weighted by atomic mass is 19.1. The van der Waals surface area contributed by atoms with E-state index in [1.54, 1.807) is 12.1 Å². The Balaban J connectivity index is 1.92. The van der Waals surface area contributed by atoms with Gasteiger partial charge in [0.05, 0.1) is 5.69 Å². The van der Waals surface area contributed by atoms with Crippen LogP contribution < -0.4 is 16.4 Å². The number of nitrogens with one attached hydrogen (secondary N) is 2. The summed E-state index contributed by atoms with van der Waals surface area (Å²) in [5.41, 5.74) is 5.91. The van der Waals surface area contributed by atoms with E-state index < -0.39 is 5.82 Å². The molecule has 0 aliphatic heterocycles. The average molecular weight is 265 g/mol. The van der Waals surface area contributed by atoms with Gasteiger partial charge in [-0.1, -0.05) is 25.0 Å². The summed E-state index contributed by atoms with van der Waals surface area (Å²) >= 11 is 0. The first-order valence-corrected chi connectivity index (χ1v) is 6.73. The van der Waals surface area contributed by atoms with Gasteiger partial charge in [0.2, 0.25) is 0 Å². The number of urea groups is 1. The lowest BCUT2D eigenvalue weighted by atomic mass is 9.84. The number of para-hydroxylation sites is 1. The van der Waals surface area contributed by atoms with Crippen molar-refractivity contribution in [3.63, 3.8) is 0 Å². The first-order valence-electron chi connectivity index (χ1n) is 6.73. The summed E-state index contributed by atoms with van der Waals surface area (Å²) in [6.45, 7) is 0.574. The molecule has 4 N–H and O–H groups in total. The summed E-state index contributed by atoms with van der Waals surface area (Å²) in [6, 6.07) is 5.85. The zero-order valence-corrected chi connectivity index (χ0v) is 10.9. The van der Waals surface area contributed by atoms with Crippen molar-refractivity contribution in [1.29, 1.82) is 0 Å². The van der Waals surface area contributed by atoms with Crippen molar-refractivity contribution in [2.75, 3.05) is 11.9 Å². The second kappa shape index (κ2) is 6.52. The second-order valence-electron chi connectivity index (χ2n) is 4.97. The number of nitrogens with two attached hydrogens (primary N) is 1. The van der Waals surface area contributed by atoms with Crippen molar-refractivity contribution in [3.05, 3.63) is 30.1 Å². The van der Waals surface area contributed by atoms with Gasteiger partial charge in [-0.25, -0.2) is 9.18 Å². The number of halogens is 1. The number of benzene rings is 1. The molecular weight excluding hydrogens is 245 g/mol. The molecule has 2 amide bonds. The Hall–Kier alpha value is -1.62. The third-order valence-corrected chi connectivity index (χ3v) is 3.65. The van der Waals surface area contributed by atoms with Crippen LogP contribution in [0.2, 0.25) is 0 Å². The summed E-state index contributed by atoms with van der Waals surface area (Å²) in [4.78, 5) is 11.9. The first kappa shape index (κ1) is 13.8. The summed E-state index contributed by atoms with van der Waals surface area (Å²) in [5.74, 6) is -0.114. The van der Waals surface area contributed by atoms with E-state index in [0.717, 1.165) is 25.7 Å². The Morgan fingerprint density at radius 2 is 2.05 bits per heavy atom. The van der Waals surface area contributed by atoms with Gasteiger partial charge in [-0.15, -0.1) is 0 Å². The molecule has 1 aliphatic rings. The molecule has 1 aliphatic carbocycles. The fourth-order valence-electron chi connectivity index (χ4n) is 2.57. The van der Waals surface area contributed by atoms with Crippen molar-refractivity contribution in [2.45, 2.75) is 31.7 Å². The highest BCUT2D eigenvalue weighted by Crippen LogP contribution is 2.23. The van der Waals surface area contributed by atoms with Gasteiger partial charge in [0.25, 0.3) is 0 Å². The maximum absolute atomic E-state index is 13.4. The molecule has 0 bridgehead atoms. The maximum atomic E-state index is 13.4. The molecule has 0 heterocycles. The molecule has 4 nitrogen and oxygen atoms in total. The number of amides is 2. The minimum Gasteiger partial charge on any atom is -0.335 e. The lowest BCUT2D eigenvalue weighted by molar-refractivity contribution is 0.229. The van der Waals surface area contributed by atoms with Crippen LogP contribution in [0.1, 0.15) is 25.7 Å². The smallest absolute Gasteiger partial charge is 0.319 e. The fourth-order valence-corrected chi connectivity index (χ4v) is 2.57. The third kappa shape index (κ3) is 3.67. The van der Waals surface area contributed by atoms with Crippen LogP contribution in [0.5, 0.6) is 0 Å². The summed E-state index contributed by atoms with van der Waals surface area (Å²) in [6.07, 6.45) is 4.24. The number of rotatable bonds is 3. The Morgan fingerprint density at radius 3 is 2.79 bits per heavy atom. The molecule has 104 valence electrons. The van der Waals surface area contributed by atoms with Gasteiger partial charge in [-0.05, 0) is 37.4 Å². The number of hydrogen-bond acceptors (Lipinski definition) is 2. The topological polar surface area (TPSA) is 67.1 Å². The van der Waals surface area contributed by atoms with E-state index >= 15 is 0 Å². The van der Waals surface area contributed by atoms with Gasteiger partial charge in [0, 0.05) is 6.04 Å². The molecule has 5 heteroatoms. The van der Waals surface area contributed by atoms with E-state index in [1.807, 2.05) is 0 Å². The molecule has 2 rings (SSSR count). The molecule has 0 saturated heterocycles. The zero-order chi connectivity index (χ0) is 13.7. The van der Waals surface area contributed by atoms with Crippen molar-refractivity contribution in [3.8, 4) is 0 Å². The number of hydrogen-bond donors (Lipinski definition) is 3. The van der Waals surface area contributed by atoms with Gasteiger partial charge in [0.15, 0.2) is 0 Å². The van der Waals surface area contributed by atoms with Crippen molar-refractivity contribution < 1.29 is 9.18 Å². The van der Waals surface area contributed by atoms with Crippen LogP contribution in [-0.4, -0.2) is 18.6 Å². The van der Waals surface area contributed by atoms with E-state index in [-0.39, 0.29) is 17.8 Å².